The Bertz CT molecular complexity index is 1180. The summed E-state index contributed by atoms with van der Waals surface area (Å²) < 4.78 is 9.30. The summed E-state index contributed by atoms with van der Waals surface area (Å²) in [5.41, 5.74) is 2.91. The number of hydrogen-bond acceptors (Lipinski definition) is 6. The molecule has 3 rings (SSSR count). The molecule has 0 aliphatic carbocycles. The molecule has 0 amide bonds. The van der Waals surface area contributed by atoms with Crippen LogP contribution in [-0.2, 0) is 13.1 Å². The van der Waals surface area contributed by atoms with E-state index in [9.17, 15) is 14.9 Å². The minimum atomic E-state index is -0.421. The number of methoxy groups -OCH3 is 1. The van der Waals surface area contributed by atoms with Gasteiger partial charge in [0.05, 0.1) is 29.2 Å². The first-order valence-corrected chi connectivity index (χ1v) is 10.3. The van der Waals surface area contributed by atoms with Crippen LogP contribution in [0, 0.1) is 24.0 Å². The van der Waals surface area contributed by atoms with E-state index in [0.29, 0.717) is 40.4 Å². The fraction of sp³-hybridized carbons (Fsp3) is 0.286. The van der Waals surface area contributed by atoms with E-state index in [0.717, 1.165) is 11.1 Å². The van der Waals surface area contributed by atoms with Crippen LogP contribution in [0.2, 0.25) is 0 Å². The zero-order valence-corrected chi connectivity index (χ0v) is 19.2. The molecule has 10 heteroatoms. The van der Waals surface area contributed by atoms with Crippen molar-refractivity contribution in [2.24, 2.45) is 0 Å². The van der Waals surface area contributed by atoms with Gasteiger partial charge in [-0.1, -0.05) is 12.1 Å². The molecule has 0 atom stereocenters. The van der Waals surface area contributed by atoms with Gasteiger partial charge in [-0.15, -0.1) is 0 Å². The maximum absolute atomic E-state index is 12.6. The van der Waals surface area contributed by atoms with Gasteiger partial charge in [0.1, 0.15) is 22.8 Å². The lowest BCUT2D eigenvalue weighted by Crippen LogP contribution is -2.08. The van der Waals surface area contributed by atoms with Gasteiger partial charge in [-0.25, -0.2) is 0 Å². The standard InChI is InChI=1S/C21H22BrN5O4/c1-5-25-21(17(22)11-23-25)18(28)8-6-15-7-9-19(31-4)16(10-15)12-26-14(3)20(27(29)30)13(2)24-26/h6-11H,5,12H2,1-4H3/b8-6+. The number of carbonyl (C=O) groups excluding carboxylic acids is 1. The number of nitro groups is 1. The third-order valence-electron chi connectivity index (χ3n) is 4.91. The molecule has 162 valence electrons. The molecule has 3 aromatic rings. The zero-order valence-electron chi connectivity index (χ0n) is 17.6. The normalized spacial score (nSPS) is 11.3. The molecule has 0 fully saturated rings. The summed E-state index contributed by atoms with van der Waals surface area (Å²) in [4.78, 5) is 23.5. The van der Waals surface area contributed by atoms with Crippen molar-refractivity contribution in [2.75, 3.05) is 7.11 Å². The molecule has 1 aromatic carbocycles. The summed E-state index contributed by atoms with van der Waals surface area (Å²) in [6.07, 6.45) is 4.81. The zero-order chi connectivity index (χ0) is 22.7. The average molecular weight is 488 g/mol. The lowest BCUT2D eigenvalue weighted by atomic mass is 10.1. The SMILES string of the molecule is CCn1ncc(Br)c1C(=O)/C=C/c1ccc(OC)c(Cn2nc(C)c([N+](=O)[O-])c2C)c1. The lowest BCUT2D eigenvalue weighted by molar-refractivity contribution is -0.386. The van der Waals surface area contributed by atoms with Crippen molar-refractivity contribution in [1.29, 1.82) is 0 Å². The number of rotatable bonds is 8. The minimum absolute atomic E-state index is 0.0127. The largest absolute Gasteiger partial charge is 0.496 e. The van der Waals surface area contributed by atoms with Crippen LogP contribution in [-0.4, -0.2) is 37.4 Å². The molecule has 9 nitrogen and oxygen atoms in total. The lowest BCUT2D eigenvalue weighted by Gasteiger charge is -2.11. The van der Waals surface area contributed by atoms with Crippen molar-refractivity contribution in [1.82, 2.24) is 19.6 Å². The smallest absolute Gasteiger partial charge is 0.312 e. The Morgan fingerprint density at radius 1 is 1.32 bits per heavy atom. The number of carbonyl (C=O) groups is 1. The summed E-state index contributed by atoms with van der Waals surface area (Å²) in [7, 11) is 1.56. The predicted octanol–water partition coefficient (Wildman–Crippen LogP) is 4.34. The maximum Gasteiger partial charge on any atom is 0.312 e. The maximum atomic E-state index is 12.6. The van der Waals surface area contributed by atoms with Gasteiger partial charge in [-0.05, 0) is 60.5 Å². The molecular weight excluding hydrogens is 466 g/mol. The highest BCUT2D eigenvalue weighted by Gasteiger charge is 2.22. The quantitative estimate of drug-likeness (QED) is 0.202. The van der Waals surface area contributed by atoms with Crippen LogP contribution in [0.5, 0.6) is 5.75 Å². The third-order valence-corrected chi connectivity index (χ3v) is 5.49. The highest BCUT2D eigenvalue weighted by atomic mass is 79.9. The van der Waals surface area contributed by atoms with Crippen LogP contribution >= 0.6 is 15.9 Å². The number of aryl methyl sites for hydroxylation is 2. The van der Waals surface area contributed by atoms with Crippen molar-refractivity contribution < 1.29 is 14.5 Å². The topological polar surface area (TPSA) is 105 Å². The Hall–Kier alpha value is -3.27. The molecule has 2 heterocycles. The number of aromatic nitrogens is 4. The molecule has 0 bridgehead atoms. The number of ketones is 1. The van der Waals surface area contributed by atoms with E-state index in [1.807, 2.05) is 19.1 Å². The fourth-order valence-corrected chi connectivity index (χ4v) is 3.88. The second kappa shape index (κ2) is 9.25. The number of benzene rings is 1. The Labute approximate surface area is 187 Å². The van der Waals surface area contributed by atoms with E-state index in [1.165, 1.54) is 6.08 Å². The van der Waals surface area contributed by atoms with Crippen molar-refractivity contribution >= 4 is 33.5 Å². The molecule has 0 saturated heterocycles. The van der Waals surface area contributed by atoms with Gasteiger partial charge in [0, 0.05) is 12.1 Å². The summed E-state index contributed by atoms with van der Waals surface area (Å²) in [5.74, 6) is 0.461. The van der Waals surface area contributed by atoms with Crippen LogP contribution in [0.25, 0.3) is 6.08 Å². The number of halogens is 1. The van der Waals surface area contributed by atoms with Gasteiger partial charge < -0.3 is 4.74 Å². The van der Waals surface area contributed by atoms with Gasteiger partial charge in [-0.3, -0.25) is 24.3 Å². The van der Waals surface area contributed by atoms with Crippen LogP contribution in [0.3, 0.4) is 0 Å². The van der Waals surface area contributed by atoms with Crippen molar-refractivity contribution in [3.63, 3.8) is 0 Å². The van der Waals surface area contributed by atoms with E-state index in [4.69, 9.17) is 4.74 Å². The van der Waals surface area contributed by atoms with E-state index in [-0.39, 0.29) is 11.5 Å². The highest BCUT2D eigenvalue weighted by Crippen LogP contribution is 2.26. The molecule has 0 N–H and O–H groups in total. The van der Waals surface area contributed by atoms with Gasteiger partial charge in [-0.2, -0.15) is 10.2 Å². The second-order valence-electron chi connectivity index (χ2n) is 6.86. The van der Waals surface area contributed by atoms with Gasteiger partial charge >= 0.3 is 5.69 Å². The van der Waals surface area contributed by atoms with Crippen LogP contribution in [0.1, 0.15) is 39.9 Å². The number of hydrogen-bond donors (Lipinski definition) is 0. The van der Waals surface area contributed by atoms with Crippen LogP contribution in [0.4, 0.5) is 5.69 Å². The molecule has 31 heavy (non-hydrogen) atoms. The first-order chi connectivity index (χ1) is 14.8. The van der Waals surface area contributed by atoms with Crippen LogP contribution < -0.4 is 4.74 Å². The van der Waals surface area contributed by atoms with Crippen LogP contribution in [0.15, 0.2) is 34.9 Å². The van der Waals surface area contributed by atoms with Gasteiger partial charge in [0.25, 0.3) is 0 Å². The molecule has 0 radical (unpaired) electrons. The molecule has 0 spiro atoms. The fourth-order valence-electron chi connectivity index (χ4n) is 3.39. The van der Waals surface area contributed by atoms with Crippen molar-refractivity contribution in [3.05, 3.63) is 73.3 Å². The predicted molar refractivity (Wildman–Crippen MR) is 119 cm³/mol. The summed E-state index contributed by atoms with van der Waals surface area (Å²) in [6.45, 7) is 6.08. The molecule has 0 saturated carbocycles. The molecular formula is C21H22BrN5O4. The first kappa shape index (κ1) is 22.4. The second-order valence-corrected chi connectivity index (χ2v) is 7.71. The highest BCUT2D eigenvalue weighted by molar-refractivity contribution is 9.10. The van der Waals surface area contributed by atoms with E-state index < -0.39 is 4.92 Å². The number of nitrogens with zero attached hydrogens (tertiary/aromatic N) is 5. The number of allylic oxidation sites excluding steroid dienone is 1. The van der Waals surface area contributed by atoms with E-state index in [2.05, 4.69) is 26.1 Å². The van der Waals surface area contributed by atoms with Crippen molar-refractivity contribution in [3.8, 4) is 5.75 Å². The molecule has 0 aliphatic rings. The monoisotopic (exact) mass is 487 g/mol. The van der Waals surface area contributed by atoms with Crippen molar-refractivity contribution in [2.45, 2.75) is 33.9 Å². The number of ether oxygens (including phenoxy) is 1. The van der Waals surface area contributed by atoms with Gasteiger partial charge in [0.2, 0.25) is 5.78 Å². The molecule has 0 unspecified atom stereocenters. The van der Waals surface area contributed by atoms with E-state index in [1.54, 1.807) is 48.7 Å². The molecule has 2 aromatic heterocycles. The Morgan fingerprint density at radius 2 is 2.06 bits per heavy atom. The Morgan fingerprint density at radius 3 is 2.68 bits per heavy atom. The Kier molecular flexibility index (Phi) is 6.69. The van der Waals surface area contributed by atoms with Gasteiger partial charge in [0.15, 0.2) is 0 Å². The summed E-state index contributed by atoms with van der Waals surface area (Å²) in [5, 5.41) is 19.7. The molecule has 0 aliphatic heterocycles. The third kappa shape index (κ3) is 4.58. The Balaban J connectivity index is 1.90. The summed E-state index contributed by atoms with van der Waals surface area (Å²) in [6, 6.07) is 5.50. The minimum Gasteiger partial charge on any atom is -0.496 e. The first-order valence-electron chi connectivity index (χ1n) is 9.55. The summed E-state index contributed by atoms with van der Waals surface area (Å²) >= 11 is 3.36. The van der Waals surface area contributed by atoms with E-state index >= 15 is 0 Å². The average Bonchev–Trinajstić information content (AvgIpc) is 3.24.